The van der Waals surface area contributed by atoms with Crippen LogP contribution in [-0.2, 0) is 6.42 Å². The number of nitro groups is 1. The summed E-state index contributed by atoms with van der Waals surface area (Å²) in [5.41, 5.74) is 1.10. The summed E-state index contributed by atoms with van der Waals surface area (Å²) < 4.78 is 5.44. The number of ether oxygens (including phenoxy) is 1. The predicted octanol–water partition coefficient (Wildman–Crippen LogP) is 2.61. The third kappa shape index (κ3) is 3.28. The molecule has 0 radical (unpaired) electrons. The van der Waals surface area contributed by atoms with E-state index in [2.05, 4.69) is 4.98 Å². The number of hydrogen-bond donors (Lipinski definition) is 0. The molecule has 0 saturated heterocycles. The highest BCUT2D eigenvalue weighted by molar-refractivity contribution is 5.32. The van der Waals surface area contributed by atoms with Gasteiger partial charge >= 0.3 is 0 Å². The van der Waals surface area contributed by atoms with Crippen LogP contribution in [0, 0.1) is 10.1 Å². The first-order valence-corrected chi connectivity index (χ1v) is 5.53. The Hall–Kier alpha value is -2.43. The lowest BCUT2D eigenvalue weighted by molar-refractivity contribution is -0.384. The molecule has 1 aromatic carbocycles. The summed E-state index contributed by atoms with van der Waals surface area (Å²) in [6.45, 7) is 0.495. The Morgan fingerprint density at radius 3 is 2.56 bits per heavy atom. The van der Waals surface area contributed by atoms with E-state index >= 15 is 0 Å². The lowest BCUT2D eigenvalue weighted by Crippen LogP contribution is -2.02. The van der Waals surface area contributed by atoms with E-state index in [0.717, 1.165) is 5.56 Å². The Balaban J connectivity index is 1.85. The molecule has 0 N–H and O–H groups in total. The zero-order valence-electron chi connectivity index (χ0n) is 9.65. The van der Waals surface area contributed by atoms with Crippen LogP contribution in [0.5, 0.6) is 5.88 Å². The smallest absolute Gasteiger partial charge is 0.269 e. The van der Waals surface area contributed by atoms with Crippen molar-refractivity contribution >= 4 is 5.69 Å². The quantitative estimate of drug-likeness (QED) is 0.599. The minimum Gasteiger partial charge on any atom is -0.477 e. The van der Waals surface area contributed by atoms with Gasteiger partial charge in [-0.15, -0.1) is 0 Å². The van der Waals surface area contributed by atoms with E-state index in [9.17, 15) is 10.1 Å². The molecule has 18 heavy (non-hydrogen) atoms. The second-order valence-electron chi connectivity index (χ2n) is 3.69. The normalized spacial score (nSPS) is 10.0. The molecular formula is C13H12N2O3. The number of benzene rings is 1. The van der Waals surface area contributed by atoms with Crippen molar-refractivity contribution in [1.82, 2.24) is 4.98 Å². The SMILES string of the molecule is O=[N+]([O-])c1ccc(CCOc2ccccn2)cc1. The molecule has 0 atom stereocenters. The maximum Gasteiger partial charge on any atom is 0.269 e. The fourth-order valence-corrected chi connectivity index (χ4v) is 1.49. The predicted molar refractivity (Wildman–Crippen MR) is 66.5 cm³/mol. The lowest BCUT2D eigenvalue weighted by atomic mass is 10.1. The van der Waals surface area contributed by atoms with Gasteiger partial charge in [-0.25, -0.2) is 4.98 Å². The average Bonchev–Trinajstić information content (AvgIpc) is 2.40. The molecule has 0 bridgehead atoms. The fourth-order valence-electron chi connectivity index (χ4n) is 1.49. The summed E-state index contributed by atoms with van der Waals surface area (Å²) in [6.07, 6.45) is 2.36. The summed E-state index contributed by atoms with van der Waals surface area (Å²) in [6, 6.07) is 11.9. The lowest BCUT2D eigenvalue weighted by Gasteiger charge is -2.04. The van der Waals surface area contributed by atoms with Crippen molar-refractivity contribution in [2.45, 2.75) is 6.42 Å². The van der Waals surface area contributed by atoms with Gasteiger partial charge in [0.05, 0.1) is 11.5 Å². The zero-order valence-corrected chi connectivity index (χ0v) is 9.65. The van der Waals surface area contributed by atoms with Gasteiger partial charge in [0.25, 0.3) is 5.69 Å². The Bertz CT molecular complexity index is 512. The van der Waals surface area contributed by atoms with Gasteiger partial charge in [-0.05, 0) is 11.6 Å². The summed E-state index contributed by atoms with van der Waals surface area (Å²) in [5, 5.41) is 10.5. The minimum atomic E-state index is -0.409. The number of non-ortho nitro benzene ring substituents is 1. The van der Waals surface area contributed by atoms with E-state index in [1.165, 1.54) is 12.1 Å². The summed E-state index contributed by atoms with van der Waals surface area (Å²) >= 11 is 0. The molecule has 0 saturated carbocycles. The standard InChI is InChI=1S/C13H12N2O3/c16-15(17)12-6-4-11(5-7-12)8-10-18-13-3-1-2-9-14-13/h1-7,9H,8,10H2. The van der Waals surface area contributed by atoms with Gasteiger partial charge in [0.2, 0.25) is 5.88 Å². The van der Waals surface area contributed by atoms with Crippen molar-refractivity contribution in [3.05, 3.63) is 64.3 Å². The Kier molecular flexibility index (Phi) is 3.86. The maximum atomic E-state index is 10.5. The van der Waals surface area contributed by atoms with Crippen molar-refractivity contribution in [3.8, 4) is 5.88 Å². The highest BCUT2D eigenvalue weighted by Crippen LogP contribution is 2.12. The Morgan fingerprint density at radius 1 is 1.17 bits per heavy atom. The van der Waals surface area contributed by atoms with E-state index < -0.39 is 4.92 Å². The van der Waals surface area contributed by atoms with E-state index in [4.69, 9.17) is 4.74 Å². The maximum absolute atomic E-state index is 10.5. The van der Waals surface area contributed by atoms with Crippen LogP contribution in [0.3, 0.4) is 0 Å². The Labute approximate surface area is 104 Å². The first-order chi connectivity index (χ1) is 8.75. The van der Waals surface area contributed by atoms with Crippen LogP contribution in [-0.4, -0.2) is 16.5 Å². The van der Waals surface area contributed by atoms with Crippen LogP contribution in [0.2, 0.25) is 0 Å². The number of rotatable bonds is 5. The molecular weight excluding hydrogens is 232 g/mol. The minimum absolute atomic E-state index is 0.101. The van der Waals surface area contributed by atoms with Crippen LogP contribution in [0.1, 0.15) is 5.56 Å². The summed E-state index contributed by atoms with van der Waals surface area (Å²) in [5.74, 6) is 0.583. The molecule has 0 fully saturated rings. The number of hydrogen-bond acceptors (Lipinski definition) is 4. The van der Waals surface area contributed by atoms with Gasteiger partial charge in [0.15, 0.2) is 0 Å². The topological polar surface area (TPSA) is 65.3 Å². The number of nitrogens with zero attached hydrogens (tertiary/aromatic N) is 2. The number of aromatic nitrogens is 1. The molecule has 2 aromatic rings. The third-order valence-corrected chi connectivity index (χ3v) is 2.43. The van der Waals surface area contributed by atoms with Crippen LogP contribution in [0.25, 0.3) is 0 Å². The van der Waals surface area contributed by atoms with Crippen molar-refractivity contribution in [2.24, 2.45) is 0 Å². The highest BCUT2D eigenvalue weighted by Gasteiger charge is 2.03. The number of nitro benzene ring substituents is 1. The summed E-state index contributed by atoms with van der Waals surface area (Å²) in [4.78, 5) is 14.1. The average molecular weight is 244 g/mol. The second kappa shape index (κ2) is 5.77. The van der Waals surface area contributed by atoms with E-state index in [0.29, 0.717) is 18.9 Å². The van der Waals surface area contributed by atoms with Gasteiger partial charge in [-0.3, -0.25) is 10.1 Å². The van der Waals surface area contributed by atoms with Gasteiger partial charge < -0.3 is 4.74 Å². The van der Waals surface area contributed by atoms with Crippen LogP contribution >= 0.6 is 0 Å². The zero-order chi connectivity index (χ0) is 12.8. The van der Waals surface area contributed by atoms with Gasteiger partial charge in [0.1, 0.15) is 0 Å². The third-order valence-electron chi connectivity index (χ3n) is 2.43. The molecule has 0 aliphatic carbocycles. The first kappa shape index (κ1) is 12.0. The molecule has 0 unspecified atom stereocenters. The van der Waals surface area contributed by atoms with Crippen molar-refractivity contribution < 1.29 is 9.66 Å². The van der Waals surface area contributed by atoms with Crippen molar-refractivity contribution in [2.75, 3.05) is 6.61 Å². The molecule has 1 aromatic heterocycles. The second-order valence-corrected chi connectivity index (χ2v) is 3.69. The van der Waals surface area contributed by atoms with Gasteiger partial charge in [0, 0.05) is 30.8 Å². The largest absolute Gasteiger partial charge is 0.477 e. The molecule has 0 amide bonds. The van der Waals surface area contributed by atoms with Crippen molar-refractivity contribution in [1.29, 1.82) is 0 Å². The molecule has 2 rings (SSSR count). The fraction of sp³-hybridized carbons (Fsp3) is 0.154. The van der Waals surface area contributed by atoms with Gasteiger partial charge in [-0.2, -0.15) is 0 Å². The molecule has 1 heterocycles. The molecule has 0 aliphatic heterocycles. The van der Waals surface area contributed by atoms with Gasteiger partial charge in [-0.1, -0.05) is 18.2 Å². The molecule has 5 nitrogen and oxygen atoms in total. The monoisotopic (exact) mass is 244 g/mol. The number of pyridine rings is 1. The Morgan fingerprint density at radius 2 is 1.94 bits per heavy atom. The van der Waals surface area contributed by atoms with E-state index in [1.54, 1.807) is 24.4 Å². The molecule has 5 heteroatoms. The van der Waals surface area contributed by atoms with Crippen molar-refractivity contribution in [3.63, 3.8) is 0 Å². The summed E-state index contributed by atoms with van der Waals surface area (Å²) in [7, 11) is 0. The van der Waals surface area contributed by atoms with Crippen LogP contribution < -0.4 is 4.74 Å². The van der Waals surface area contributed by atoms with E-state index in [-0.39, 0.29) is 5.69 Å². The van der Waals surface area contributed by atoms with Crippen LogP contribution in [0.15, 0.2) is 48.7 Å². The molecule has 92 valence electrons. The first-order valence-electron chi connectivity index (χ1n) is 5.53. The molecule has 0 aliphatic rings. The van der Waals surface area contributed by atoms with E-state index in [1.807, 2.05) is 12.1 Å². The van der Waals surface area contributed by atoms with Crippen LogP contribution in [0.4, 0.5) is 5.69 Å². The molecule has 0 spiro atoms. The highest BCUT2D eigenvalue weighted by atomic mass is 16.6.